The van der Waals surface area contributed by atoms with E-state index in [-0.39, 0.29) is 11.8 Å². The third-order valence-corrected chi connectivity index (χ3v) is 2.34. The van der Waals surface area contributed by atoms with Gasteiger partial charge in [0.05, 0.1) is 24.9 Å². The number of hydrogen-bond acceptors (Lipinski definition) is 4. The summed E-state index contributed by atoms with van der Waals surface area (Å²) in [7, 11) is 1.47. The van der Waals surface area contributed by atoms with Crippen LogP contribution in [0.15, 0.2) is 18.5 Å². The average Bonchev–Trinajstić information content (AvgIpc) is 2.35. The van der Waals surface area contributed by atoms with Crippen molar-refractivity contribution in [2.75, 3.05) is 7.11 Å². The van der Waals surface area contributed by atoms with E-state index in [4.69, 9.17) is 10.00 Å². The highest BCUT2D eigenvalue weighted by atomic mass is 16.5. The number of amides is 1. The second-order valence-corrected chi connectivity index (χ2v) is 3.90. The van der Waals surface area contributed by atoms with E-state index in [2.05, 4.69) is 16.4 Å². The van der Waals surface area contributed by atoms with E-state index in [0.29, 0.717) is 11.3 Å². The Hall–Kier alpha value is -2.09. The fourth-order valence-corrected chi connectivity index (χ4v) is 1.30. The van der Waals surface area contributed by atoms with Crippen LogP contribution in [0.5, 0.6) is 5.75 Å². The second-order valence-electron chi connectivity index (χ2n) is 3.90. The Morgan fingerprint density at radius 3 is 2.82 bits per heavy atom. The average molecular weight is 233 g/mol. The summed E-state index contributed by atoms with van der Waals surface area (Å²) in [5.41, 5.74) is 0.378. The lowest BCUT2D eigenvalue weighted by atomic mass is 10.1. The van der Waals surface area contributed by atoms with Crippen LogP contribution in [0.4, 0.5) is 0 Å². The van der Waals surface area contributed by atoms with Crippen molar-refractivity contribution in [2.45, 2.75) is 19.9 Å². The lowest BCUT2D eigenvalue weighted by Crippen LogP contribution is -2.37. The van der Waals surface area contributed by atoms with E-state index >= 15 is 0 Å². The highest BCUT2D eigenvalue weighted by Crippen LogP contribution is 2.15. The molecule has 1 aromatic heterocycles. The van der Waals surface area contributed by atoms with Gasteiger partial charge in [0.1, 0.15) is 11.8 Å². The standard InChI is InChI=1S/C12H15N3O2/c1-8(2)10(6-13)15-12(16)9-4-5-14-7-11(9)17-3/h4-5,7-8,10H,1-3H3,(H,15,16). The molecule has 0 radical (unpaired) electrons. The van der Waals surface area contributed by atoms with E-state index in [1.54, 1.807) is 6.07 Å². The molecule has 1 unspecified atom stereocenters. The van der Waals surface area contributed by atoms with Crippen molar-refractivity contribution in [3.8, 4) is 11.8 Å². The Bertz CT molecular complexity index is 438. The van der Waals surface area contributed by atoms with Gasteiger partial charge >= 0.3 is 0 Å². The quantitative estimate of drug-likeness (QED) is 0.852. The molecule has 0 saturated heterocycles. The number of aromatic nitrogens is 1. The SMILES string of the molecule is COc1cnccc1C(=O)NC(C#N)C(C)C. The van der Waals surface area contributed by atoms with Crippen LogP contribution < -0.4 is 10.1 Å². The Morgan fingerprint density at radius 1 is 1.59 bits per heavy atom. The van der Waals surface area contributed by atoms with Crippen LogP contribution in [-0.2, 0) is 0 Å². The molecule has 0 aliphatic rings. The largest absolute Gasteiger partial charge is 0.494 e. The maximum atomic E-state index is 11.9. The van der Waals surface area contributed by atoms with Gasteiger partial charge in [-0.25, -0.2) is 0 Å². The van der Waals surface area contributed by atoms with Gasteiger partial charge in [0.15, 0.2) is 0 Å². The van der Waals surface area contributed by atoms with E-state index < -0.39 is 6.04 Å². The molecular weight excluding hydrogens is 218 g/mol. The summed E-state index contributed by atoms with van der Waals surface area (Å²) in [6.07, 6.45) is 2.97. The zero-order chi connectivity index (χ0) is 12.8. The molecule has 1 amide bonds. The van der Waals surface area contributed by atoms with Gasteiger partial charge in [-0.15, -0.1) is 0 Å². The van der Waals surface area contributed by atoms with Crippen LogP contribution in [0.1, 0.15) is 24.2 Å². The zero-order valence-electron chi connectivity index (χ0n) is 10.1. The van der Waals surface area contributed by atoms with Gasteiger partial charge < -0.3 is 10.1 Å². The Kier molecular flexibility index (Phi) is 4.46. The Labute approximate surface area is 100 Å². The van der Waals surface area contributed by atoms with Gasteiger partial charge in [-0.3, -0.25) is 9.78 Å². The number of nitriles is 1. The molecule has 17 heavy (non-hydrogen) atoms. The number of pyridine rings is 1. The number of ether oxygens (including phenoxy) is 1. The molecule has 5 nitrogen and oxygen atoms in total. The van der Waals surface area contributed by atoms with Crippen molar-refractivity contribution in [3.05, 3.63) is 24.0 Å². The maximum absolute atomic E-state index is 11.9. The third-order valence-electron chi connectivity index (χ3n) is 2.34. The van der Waals surface area contributed by atoms with Crippen molar-refractivity contribution >= 4 is 5.91 Å². The van der Waals surface area contributed by atoms with Gasteiger partial charge in [-0.05, 0) is 12.0 Å². The number of nitrogens with one attached hydrogen (secondary N) is 1. The molecule has 1 rings (SSSR count). The Morgan fingerprint density at radius 2 is 2.29 bits per heavy atom. The summed E-state index contributed by atoms with van der Waals surface area (Å²) in [6.45, 7) is 3.75. The van der Waals surface area contributed by atoms with Crippen LogP contribution in [0.2, 0.25) is 0 Å². The van der Waals surface area contributed by atoms with Crippen molar-refractivity contribution in [1.82, 2.24) is 10.3 Å². The molecule has 0 aliphatic heterocycles. The molecule has 0 aromatic carbocycles. The van der Waals surface area contributed by atoms with E-state index in [1.807, 2.05) is 13.8 Å². The number of carbonyl (C=O) groups is 1. The zero-order valence-corrected chi connectivity index (χ0v) is 10.1. The highest BCUT2D eigenvalue weighted by molar-refractivity contribution is 5.97. The van der Waals surface area contributed by atoms with Crippen LogP contribution >= 0.6 is 0 Å². The first-order valence-corrected chi connectivity index (χ1v) is 5.28. The molecule has 0 spiro atoms. The minimum Gasteiger partial charge on any atom is -0.494 e. The third kappa shape index (κ3) is 3.18. The topological polar surface area (TPSA) is 75.0 Å². The van der Waals surface area contributed by atoms with Gasteiger partial charge in [-0.1, -0.05) is 13.8 Å². The molecular formula is C12H15N3O2. The van der Waals surface area contributed by atoms with Gasteiger partial charge in [0.25, 0.3) is 5.91 Å². The lowest BCUT2D eigenvalue weighted by molar-refractivity contribution is 0.0934. The van der Waals surface area contributed by atoms with Gasteiger partial charge in [0.2, 0.25) is 0 Å². The Balaban J connectivity index is 2.87. The molecule has 0 saturated carbocycles. The first kappa shape index (κ1) is 13.0. The predicted octanol–water partition coefficient (Wildman–Crippen LogP) is 1.37. The number of methoxy groups -OCH3 is 1. The number of carbonyl (C=O) groups excluding carboxylic acids is 1. The van der Waals surface area contributed by atoms with E-state index in [1.165, 1.54) is 19.5 Å². The number of nitrogens with zero attached hydrogens (tertiary/aromatic N) is 2. The van der Waals surface area contributed by atoms with E-state index in [0.717, 1.165) is 0 Å². The van der Waals surface area contributed by atoms with Crippen molar-refractivity contribution in [1.29, 1.82) is 5.26 Å². The maximum Gasteiger partial charge on any atom is 0.256 e. The minimum atomic E-state index is -0.514. The molecule has 1 heterocycles. The van der Waals surface area contributed by atoms with Gasteiger partial charge in [0, 0.05) is 6.20 Å². The first-order valence-electron chi connectivity index (χ1n) is 5.28. The summed E-state index contributed by atoms with van der Waals surface area (Å²) in [4.78, 5) is 15.8. The summed E-state index contributed by atoms with van der Waals surface area (Å²) in [6, 6.07) is 3.10. The van der Waals surface area contributed by atoms with Crippen molar-refractivity contribution in [3.63, 3.8) is 0 Å². The molecule has 0 bridgehead atoms. The molecule has 1 aromatic rings. The summed E-state index contributed by atoms with van der Waals surface area (Å²) in [5, 5.41) is 11.6. The first-order chi connectivity index (χ1) is 8.10. The predicted molar refractivity (Wildman–Crippen MR) is 62.5 cm³/mol. The van der Waals surface area contributed by atoms with Crippen LogP contribution in [0.3, 0.4) is 0 Å². The van der Waals surface area contributed by atoms with Crippen molar-refractivity contribution in [2.24, 2.45) is 5.92 Å². The van der Waals surface area contributed by atoms with Crippen LogP contribution in [0.25, 0.3) is 0 Å². The molecule has 5 heteroatoms. The number of hydrogen-bond donors (Lipinski definition) is 1. The lowest BCUT2D eigenvalue weighted by Gasteiger charge is -2.15. The molecule has 0 fully saturated rings. The highest BCUT2D eigenvalue weighted by Gasteiger charge is 2.18. The fraction of sp³-hybridized carbons (Fsp3) is 0.417. The van der Waals surface area contributed by atoms with Gasteiger partial charge in [-0.2, -0.15) is 5.26 Å². The monoisotopic (exact) mass is 233 g/mol. The molecule has 0 aliphatic carbocycles. The fourth-order valence-electron chi connectivity index (χ4n) is 1.30. The van der Waals surface area contributed by atoms with E-state index in [9.17, 15) is 4.79 Å². The molecule has 1 N–H and O–H groups in total. The van der Waals surface area contributed by atoms with Crippen LogP contribution in [-0.4, -0.2) is 24.0 Å². The normalized spacial score (nSPS) is 11.7. The molecule has 90 valence electrons. The van der Waals surface area contributed by atoms with Crippen LogP contribution in [0, 0.1) is 17.2 Å². The minimum absolute atomic E-state index is 0.0526. The summed E-state index contributed by atoms with van der Waals surface area (Å²) < 4.78 is 5.04. The smallest absolute Gasteiger partial charge is 0.256 e. The number of rotatable bonds is 4. The summed E-state index contributed by atoms with van der Waals surface area (Å²) in [5.74, 6) is 0.117. The second kappa shape index (κ2) is 5.85. The van der Waals surface area contributed by atoms with Crippen molar-refractivity contribution < 1.29 is 9.53 Å². The summed E-state index contributed by atoms with van der Waals surface area (Å²) >= 11 is 0. The molecule has 1 atom stereocenters.